The minimum absolute atomic E-state index is 0.335. The van der Waals surface area contributed by atoms with Crippen LogP contribution in [0.1, 0.15) is 26.2 Å². The van der Waals surface area contributed by atoms with Crippen LogP contribution in [0.2, 0.25) is 0 Å². The quantitative estimate of drug-likeness (QED) is 0.651. The van der Waals surface area contributed by atoms with E-state index in [0.29, 0.717) is 11.3 Å². The summed E-state index contributed by atoms with van der Waals surface area (Å²) in [7, 11) is 1.71. The van der Waals surface area contributed by atoms with E-state index in [1.165, 1.54) is 5.57 Å². The first-order valence-corrected chi connectivity index (χ1v) is 6.18. The van der Waals surface area contributed by atoms with Crippen LogP contribution in [0.3, 0.4) is 0 Å². The Morgan fingerprint density at radius 3 is 2.42 bits per heavy atom. The number of halogens is 1. The molecule has 1 rings (SSSR count). The molecule has 0 radical (unpaired) electrons. The molecule has 68 valence electrons. The maximum atomic E-state index is 10.8. The summed E-state index contributed by atoms with van der Waals surface area (Å²) in [6.07, 6.45) is 5.79. The second-order valence-electron chi connectivity index (χ2n) is 2.75. The Hall–Kier alpha value is -0.280. The molecule has 0 N–H and O–H groups in total. The molecule has 12 heavy (non-hydrogen) atoms. The van der Waals surface area contributed by atoms with Crippen molar-refractivity contribution in [3.05, 3.63) is 22.6 Å². The fraction of sp³-hybridized carbons (Fsp3) is 0.500. The third kappa shape index (κ3) is 2.35. The predicted molar refractivity (Wildman–Crippen MR) is 50.5 cm³/mol. The molecule has 0 saturated heterocycles. The molecule has 0 heterocycles. The zero-order valence-corrected chi connectivity index (χ0v) is 8.45. The van der Waals surface area contributed by atoms with Crippen molar-refractivity contribution < 1.29 is 8.42 Å². The summed E-state index contributed by atoms with van der Waals surface area (Å²) in [5, 5.41) is 0. The molecule has 0 unspecified atom stereocenters. The molecule has 0 fully saturated rings. The van der Waals surface area contributed by atoms with Gasteiger partial charge in [-0.3, -0.25) is 0 Å². The van der Waals surface area contributed by atoms with Crippen molar-refractivity contribution in [2.45, 2.75) is 26.2 Å². The summed E-state index contributed by atoms with van der Waals surface area (Å²) >= 11 is 0. The van der Waals surface area contributed by atoms with Gasteiger partial charge in [0, 0.05) is 10.7 Å². The predicted octanol–water partition coefficient (Wildman–Crippen LogP) is 2.57. The summed E-state index contributed by atoms with van der Waals surface area (Å²) < 4.78 is 21.7. The maximum absolute atomic E-state index is 10.8. The van der Waals surface area contributed by atoms with E-state index in [1.807, 2.05) is 6.08 Å². The van der Waals surface area contributed by atoms with E-state index in [0.717, 1.165) is 12.8 Å². The van der Waals surface area contributed by atoms with Crippen LogP contribution in [0.5, 0.6) is 0 Å². The van der Waals surface area contributed by atoms with Crippen LogP contribution in [-0.2, 0) is 9.05 Å². The van der Waals surface area contributed by atoms with E-state index in [-0.39, 0.29) is 0 Å². The molecule has 0 aromatic heterocycles. The molecule has 1 aliphatic carbocycles. The van der Waals surface area contributed by atoms with Gasteiger partial charge in [0.05, 0.1) is 4.91 Å². The largest absolute Gasteiger partial charge is 0.257 e. The van der Waals surface area contributed by atoms with Gasteiger partial charge in [0.15, 0.2) is 0 Å². The lowest BCUT2D eigenvalue weighted by Gasteiger charge is -2.10. The molecule has 0 spiro atoms. The molecule has 0 aliphatic heterocycles. The number of rotatable bonds is 2. The maximum Gasteiger partial charge on any atom is 0.257 e. The lowest BCUT2D eigenvalue weighted by atomic mass is 10.0. The van der Waals surface area contributed by atoms with Crippen LogP contribution in [0.25, 0.3) is 0 Å². The van der Waals surface area contributed by atoms with Gasteiger partial charge in [0.25, 0.3) is 9.05 Å². The molecule has 0 amide bonds. The zero-order valence-electron chi connectivity index (χ0n) is 6.88. The Morgan fingerprint density at radius 2 is 2.08 bits per heavy atom. The summed E-state index contributed by atoms with van der Waals surface area (Å²) in [6, 6.07) is 0. The molecule has 2 nitrogen and oxygen atoms in total. The van der Waals surface area contributed by atoms with Crippen molar-refractivity contribution in [3.63, 3.8) is 0 Å². The van der Waals surface area contributed by atoms with E-state index in [1.54, 1.807) is 6.08 Å². The lowest BCUT2D eigenvalue weighted by molar-refractivity contribution is 0.612. The number of hydrogen-bond acceptors (Lipinski definition) is 2. The standard InChI is InChI=1S/C8H11ClO2S/c1-2-7-3-5-8(6-4-7)12(9,10)11/h3,5H,2,4,6H2,1H3. The third-order valence-electron chi connectivity index (χ3n) is 1.96. The normalized spacial score (nSPS) is 18.5. The van der Waals surface area contributed by atoms with Gasteiger partial charge in [-0.15, -0.1) is 0 Å². The van der Waals surface area contributed by atoms with Gasteiger partial charge in [-0.25, -0.2) is 8.42 Å². The van der Waals surface area contributed by atoms with Crippen LogP contribution in [-0.4, -0.2) is 8.42 Å². The molecule has 0 atom stereocenters. The van der Waals surface area contributed by atoms with Crippen LogP contribution in [0.15, 0.2) is 22.6 Å². The van der Waals surface area contributed by atoms with E-state index < -0.39 is 9.05 Å². The van der Waals surface area contributed by atoms with Crippen molar-refractivity contribution in [2.75, 3.05) is 0 Å². The monoisotopic (exact) mass is 206 g/mol. The van der Waals surface area contributed by atoms with Crippen LogP contribution in [0, 0.1) is 0 Å². The van der Waals surface area contributed by atoms with Crippen LogP contribution < -0.4 is 0 Å². The minimum atomic E-state index is -3.47. The fourth-order valence-electron chi connectivity index (χ4n) is 1.16. The molecule has 0 aromatic rings. The molecular formula is C8H11ClO2S. The summed E-state index contributed by atoms with van der Waals surface area (Å²) in [4.78, 5) is 0.335. The Labute approximate surface area is 77.3 Å². The van der Waals surface area contributed by atoms with Gasteiger partial charge in [-0.1, -0.05) is 18.6 Å². The highest BCUT2D eigenvalue weighted by Crippen LogP contribution is 2.25. The van der Waals surface area contributed by atoms with Gasteiger partial charge in [-0.05, 0) is 25.3 Å². The second kappa shape index (κ2) is 3.62. The molecule has 0 bridgehead atoms. The van der Waals surface area contributed by atoms with Crippen molar-refractivity contribution >= 4 is 19.7 Å². The zero-order chi connectivity index (χ0) is 9.19. The second-order valence-corrected chi connectivity index (χ2v) is 5.37. The van der Waals surface area contributed by atoms with E-state index >= 15 is 0 Å². The van der Waals surface area contributed by atoms with Crippen molar-refractivity contribution in [3.8, 4) is 0 Å². The summed E-state index contributed by atoms with van der Waals surface area (Å²) in [5.41, 5.74) is 1.28. The average Bonchev–Trinajstić information content (AvgIpc) is 2.03. The van der Waals surface area contributed by atoms with Crippen molar-refractivity contribution in [2.24, 2.45) is 0 Å². The molecule has 1 aliphatic rings. The Morgan fingerprint density at radius 1 is 1.42 bits per heavy atom. The fourth-order valence-corrected chi connectivity index (χ4v) is 2.12. The summed E-state index contributed by atoms with van der Waals surface area (Å²) in [5.74, 6) is 0. The molecule has 0 saturated carbocycles. The first kappa shape index (κ1) is 9.81. The average molecular weight is 207 g/mol. The van der Waals surface area contributed by atoms with Gasteiger partial charge in [0.1, 0.15) is 0 Å². The highest BCUT2D eigenvalue weighted by Gasteiger charge is 2.15. The van der Waals surface area contributed by atoms with Gasteiger partial charge < -0.3 is 0 Å². The van der Waals surface area contributed by atoms with E-state index in [9.17, 15) is 8.42 Å². The smallest absolute Gasteiger partial charge is 0.207 e. The van der Waals surface area contributed by atoms with Crippen molar-refractivity contribution in [1.29, 1.82) is 0 Å². The Kier molecular flexibility index (Phi) is 2.96. The van der Waals surface area contributed by atoms with E-state index in [4.69, 9.17) is 10.7 Å². The van der Waals surface area contributed by atoms with Gasteiger partial charge in [0.2, 0.25) is 0 Å². The van der Waals surface area contributed by atoms with Gasteiger partial charge >= 0.3 is 0 Å². The lowest BCUT2D eigenvalue weighted by Crippen LogP contribution is -1.99. The SMILES string of the molecule is CCC1=CC=C(S(=O)(=O)Cl)CC1. The summed E-state index contributed by atoms with van der Waals surface area (Å²) in [6.45, 7) is 2.06. The van der Waals surface area contributed by atoms with E-state index in [2.05, 4.69) is 6.92 Å². The Balaban J connectivity index is 2.88. The number of allylic oxidation sites excluding steroid dienone is 4. The highest BCUT2D eigenvalue weighted by atomic mass is 35.7. The van der Waals surface area contributed by atoms with Crippen LogP contribution >= 0.6 is 10.7 Å². The third-order valence-corrected chi connectivity index (χ3v) is 3.53. The number of hydrogen-bond donors (Lipinski definition) is 0. The molecular weight excluding hydrogens is 196 g/mol. The molecule has 0 aromatic carbocycles. The van der Waals surface area contributed by atoms with Crippen LogP contribution in [0.4, 0.5) is 0 Å². The topological polar surface area (TPSA) is 34.1 Å². The molecule has 4 heteroatoms. The first-order valence-electron chi connectivity index (χ1n) is 3.87. The highest BCUT2D eigenvalue weighted by molar-refractivity contribution is 8.16. The first-order chi connectivity index (χ1) is 5.54. The minimum Gasteiger partial charge on any atom is -0.207 e. The Bertz CT molecular complexity index is 325. The van der Waals surface area contributed by atoms with Crippen molar-refractivity contribution in [1.82, 2.24) is 0 Å². The van der Waals surface area contributed by atoms with Gasteiger partial charge in [-0.2, -0.15) is 0 Å².